The van der Waals surface area contributed by atoms with Gasteiger partial charge < -0.3 is 14.3 Å². The number of nitrogens with one attached hydrogen (secondary N) is 1. The minimum Gasteiger partial charge on any atom is -0.496 e. The van der Waals surface area contributed by atoms with E-state index in [4.69, 9.17) is 9.16 Å². The lowest BCUT2D eigenvalue weighted by Gasteiger charge is -2.49. The van der Waals surface area contributed by atoms with Crippen molar-refractivity contribution in [1.82, 2.24) is 4.72 Å². The molecule has 7 nitrogen and oxygen atoms in total. The molecule has 0 fully saturated rings. The number of sulfonamides is 1. The number of benzene rings is 1. The Kier molecular flexibility index (Phi) is 8.36. The van der Waals surface area contributed by atoms with Crippen molar-refractivity contribution in [2.45, 2.75) is 104 Å². The van der Waals surface area contributed by atoms with Gasteiger partial charge in [0.05, 0.1) is 18.1 Å². The molecule has 0 aliphatic carbocycles. The number of methoxy groups -OCH3 is 1. The number of ether oxygens (including phenoxy) is 1. The van der Waals surface area contributed by atoms with Gasteiger partial charge in [-0.3, -0.25) is 4.79 Å². The molecule has 0 saturated heterocycles. The van der Waals surface area contributed by atoms with Gasteiger partial charge in [0.2, 0.25) is 10.0 Å². The number of aliphatic carboxylic acids is 1. The van der Waals surface area contributed by atoms with E-state index in [9.17, 15) is 18.3 Å². The van der Waals surface area contributed by atoms with E-state index in [2.05, 4.69) is 25.5 Å². The van der Waals surface area contributed by atoms with Crippen molar-refractivity contribution in [3.05, 3.63) is 22.8 Å². The Morgan fingerprint density at radius 3 is 1.91 bits per heavy atom. The van der Waals surface area contributed by atoms with Crippen molar-refractivity contribution < 1.29 is 27.5 Å². The number of aryl methyl sites for hydroxylation is 1. The molecule has 1 aromatic rings. The van der Waals surface area contributed by atoms with Crippen molar-refractivity contribution in [1.29, 1.82) is 0 Å². The molecule has 0 radical (unpaired) electrons. The summed E-state index contributed by atoms with van der Waals surface area (Å²) in [5.41, 5.74) is -1.23. The first-order valence-electron chi connectivity index (χ1n) is 11.2. The van der Waals surface area contributed by atoms with Crippen molar-refractivity contribution in [2.24, 2.45) is 5.41 Å². The molecule has 0 aliphatic rings. The molecule has 0 heterocycles. The fourth-order valence-electron chi connectivity index (χ4n) is 4.00. The van der Waals surface area contributed by atoms with Crippen LogP contribution in [-0.4, -0.2) is 46.6 Å². The molecule has 2 N–H and O–H groups in total. The summed E-state index contributed by atoms with van der Waals surface area (Å²) < 4.78 is 42.0. The third-order valence-corrected chi connectivity index (χ3v) is 13.5. The van der Waals surface area contributed by atoms with Crippen molar-refractivity contribution in [3.8, 4) is 5.75 Å². The van der Waals surface area contributed by atoms with Crippen LogP contribution in [0.25, 0.3) is 0 Å². The second-order valence-electron chi connectivity index (χ2n) is 11.5. The Bertz CT molecular complexity index is 1010. The van der Waals surface area contributed by atoms with Gasteiger partial charge in [0.25, 0.3) is 0 Å². The maximum atomic E-state index is 13.8. The Labute approximate surface area is 201 Å². The van der Waals surface area contributed by atoms with E-state index in [1.54, 1.807) is 54.5 Å². The summed E-state index contributed by atoms with van der Waals surface area (Å²) in [6.07, 6.45) is -0.925. The minimum atomic E-state index is -4.24. The Hall–Kier alpha value is -1.42. The first-order valence-corrected chi connectivity index (χ1v) is 15.6. The number of hydrogen-bond donors (Lipinski definition) is 2. The zero-order valence-corrected chi connectivity index (χ0v) is 24.4. The lowest BCUT2D eigenvalue weighted by atomic mass is 9.71. The average molecular weight is 502 g/mol. The van der Waals surface area contributed by atoms with Crippen LogP contribution >= 0.6 is 0 Å². The molecule has 2 atom stereocenters. The van der Waals surface area contributed by atoms with Crippen LogP contribution < -0.4 is 9.46 Å². The number of hydrogen-bond acceptors (Lipinski definition) is 5. The summed E-state index contributed by atoms with van der Waals surface area (Å²) in [6, 6.07) is 1.66. The van der Waals surface area contributed by atoms with E-state index in [-0.39, 0.29) is 9.93 Å². The summed E-state index contributed by atoms with van der Waals surface area (Å²) in [4.78, 5) is 12.9. The average Bonchev–Trinajstić information content (AvgIpc) is 2.59. The molecule has 0 aliphatic heterocycles. The van der Waals surface area contributed by atoms with Crippen LogP contribution in [0.3, 0.4) is 0 Å². The summed E-state index contributed by atoms with van der Waals surface area (Å²) in [5.74, 6) is -0.691. The van der Waals surface area contributed by atoms with Gasteiger partial charge >= 0.3 is 5.97 Å². The lowest BCUT2D eigenvalue weighted by molar-refractivity contribution is -0.154. The standard InChI is InChI=1S/C24H43NO6SSi/c1-15-14-19(30-11)16(2)17(3)20(15)32(28,29)25-24(21(26)27,22(5,6)7)18(4)31-33(12,13)23(8,9)10/h14,18,25H,1-13H3,(H,26,27)/t18-,24-/m1/s1. The topological polar surface area (TPSA) is 102 Å². The number of carboxylic acids is 1. The molecule has 0 saturated carbocycles. The van der Waals surface area contributed by atoms with E-state index < -0.39 is 41.4 Å². The molecular weight excluding hydrogens is 458 g/mol. The van der Waals surface area contributed by atoms with Crippen LogP contribution in [0.4, 0.5) is 0 Å². The van der Waals surface area contributed by atoms with Crippen LogP contribution in [0.5, 0.6) is 5.75 Å². The maximum Gasteiger partial charge on any atom is 0.328 e. The van der Waals surface area contributed by atoms with E-state index in [0.29, 0.717) is 22.4 Å². The largest absolute Gasteiger partial charge is 0.496 e. The Balaban J connectivity index is 3.79. The quantitative estimate of drug-likeness (QED) is 0.476. The highest BCUT2D eigenvalue weighted by Crippen LogP contribution is 2.43. The van der Waals surface area contributed by atoms with Crippen LogP contribution in [0.15, 0.2) is 11.0 Å². The predicted molar refractivity (Wildman–Crippen MR) is 135 cm³/mol. The molecule has 0 spiro atoms. The van der Waals surface area contributed by atoms with Gasteiger partial charge in [-0.2, -0.15) is 4.72 Å². The molecule has 9 heteroatoms. The SMILES string of the molecule is COc1cc(C)c(S(=O)(=O)N[C@@](C(=O)O)([C@@H](C)O[Si](C)(C)C(C)(C)C)C(C)(C)C)c(C)c1C. The van der Waals surface area contributed by atoms with Gasteiger partial charge in [-0.25, -0.2) is 8.42 Å². The molecule has 0 amide bonds. The fraction of sp³-hybridized carbons (Fsp3) is 0.708. The Morgan fingerprint density at radius 1 is 1.06 bits per heavy atom. The van der Waals surface area contributed by atoms with Crippen molar-refractivity contribution in [3.63, 3.8) is 0 Å². The normalized spacial score (nSPS) is 16.3. The highest BCUT2D eigenvalue weighted by atomic mass is 32.2. The van der Waals surface area contributed by atoms with E-state index >= 15 is 0 Å². The fourth-order valence-corrected chi connectivity index (χ4v) is 7.54. The smallest absolute Gasteiger partial charge is 0.328 e. The molecule has 0 aromatic heterocycles. The van der Waals surface area contributed by atoms with Gasteiger partial charge in [0.15, 0.2) is 13.9 Å². The summed E-state index contributed by atoms with van der Waals surface area (Å²) >= 11 is 0. The minimum absolute atomic E-state index is 0.0650. The summed E-state index contributed by atoms with van der Waals surface area (Å²) in [6.45, 7) is 22.2. The zero-order chi connectivity index (χ0) is 26.4. The highest BCUT2D eigenvalue weighted by molar-refractivity contribution is 7.89. The predicted octanol–water partition coefficient (Wildman–Crippen LogP) is 5.18. The third-order valence-electron chi connectivity index (χ3n) is 7.17. The molecule has 190 valence electrons. The molecule has 1 aromatic carbocycles. The second-order valence-corrected chi connectivity index (χ2v) is 17.8. The highest BCUT2D eigenvalue weighted by Gasteiger charge is 2.58. The van der Waals surface area contributed by atoms with E-state index in [1.165, 1.54) is 7.11 Å². The van der Waals surface area contributed by atoms with Gasteiger partial charge in [-0.15, -0.1) is 0 Å². The van der Waals surface area contributed by atoms with Gasteiger partial charge in [-0.1, -0.05) is 41.5 Å². The zero-order valence-electron chi connectivity index (χ0n) is 22.6. The van der Waals surface area contributed by atoms with Crippen LogP contribution in [0.1, 0.15) is 65.2 Å². The molecule has 33 heavy (non-hydrogen) atoms. The van der Waals surface area contributed by atoms with Crippen LogP contribution in [0, 0.1) is 26.2 Å². The first-order chi connectivity index (χ1) is 14.6. The van der Waals surface area contributed by atoms with E-state index in [0.717, 1.165) is 0 Å². The van der Waals surface area contributed by atoms with Gasteiger partial charge in [0, 0.05) is 0 Å². The summed E-state index contributed by atoms with van der Waals surface area (Å²) in [5, 5.41) is 10.3. The van der Waals surface area contributed by atoms with Gasteiger partial charge in [-0.05, 0) is 74.0 Å². The van der Waals surface area contributed by atoms with Crippen molar-refractivity contribution >= 4 is 24.3 Å². The third kappa shape index (κ3) is 5.47. The van der Waals surface area contributed by atoms with Crippen molar-refractivity contribution in [2.75, 3.05) is 7.11 Å². The van der Waals surface area contributed by atoms with E-state index in [1.807, 2.05) is 13.1 Å². The number of carboxylic acid groups (broad SMARTS) is 1. The van der Waals surface area contributed by atoms with Gasteiger partial charge in [0.1, 0.15) is 5.75 Å². The van der Waals surface area contributed by atoms with Crippen LogP contribution in [0.2, 0.25) is 18.1 Å². The Morgan fingerprint density at radius 2 is 1.55 bits per heavy atom. The summed E-state index contributed by atoms with van der Waals surface area (Å²) in [7, 11) is -5.13. The molecule has 0 unspecified atom stereocenters. The molecule has 1 rings (SSSR count). The number of rotatable bonds is 8. The molecule has 0 bridgehead atoms. The monoisotopic (exact) mass is 501 g/mol. The molecular formula is C24H43NO6SSi. The lowest BCUT2D eigenvalue weighted by Crippen LogP contribution is -2.70. The number of carbonyl (C=O) groups is 1. The van der Waals surface area contributed by atoms with Crippen LogP contribution in [-0.2, 0) is 19.2 Å². The first kappa shape index (κ1) is 29.6. The second kappa shape index (κ2) is 9.32. The maximum absolute atomic E-state index is 13.8.